The molecule has 24 heteroatoms. The zero-order valence-corrected chi connectivity index (χ0v) is 31.0. The Morgan fingerprint density at radius 3 is 0.969 bits per heavy atom. The molecule has 7 rings (SSSR count). The van der Waals surface area contributed by atoms with Gasteiger partial charge in [-0.3, -0.25) is 0 Å². The van der Waals surface area contributed by atoms with Crippen molar-refractivity contribution in [2.24, 2.45) is 0 Å². The molecule has 0 saturated carbocycles. The van der Waals surface area contributed by atoms with Crippen LogP contribution in [0.5, 0.6) is 0 Å². The van der Waals surface area contributed by atoms with Gasteiger partial charge >= 0.3 is 5.97 Å². The summed E-state index contributed by atoms with van der Waals surface area (Å²) >= 11 is 0. The van der Waals surface area contributed by atoms with E-state index in [1.54, 1.807) is 6.07 Å². The van der Waals surface area contributed by atoms with E-state index in [1.807, 2.05) is 48.7 Å². The SMILES string of the molecule is Fc1c(F)c(F)c([B-](c2c(F)c(F)c(F)c(F)c2F)(c2c(F)c(F)c(F)c(F)c2F)c2c(F)c(F)c(F)c(F)c2F)c(F)c1F.O=C(O)c1cc[n+](Cc2ccccc2)c2ccccc12. The molecule has 0 spiro atoms. The van der Waals surface area contributed by atoms with Crippen LogP contribution >= 0.6 is 0 Å². The fourth-order valence-electron chi connectivity index (χ4n) is 7.27. The highest BCUT2D eigenvalue weighted by Gasteiger charge is 2.52. The average Bonchev–Trinajstić information content (AvgIpc) is 3.29. The first-order chi connectivity index (χ1) is 30.5. The van der Waals surface area contributed by atoms with Gasteiger partial charge in [-0.1, -0.05) is 42.5 Å². The molecule has 0 aliphatic rings. The van der Waals surface area contributed by atoms with Crippen molar-refractivity contribution in [2.75, 3.05) is 0 Å². The van der Waals surface area contributed by atoms with Crippen LogP contribution in [0, 0.1) is 116 Å². The molecule has 1 aromatic heterocycles. The number of halogens is 20. The number of aromatic carboxylic acids is 1. The number of nitrogens with zero attached hydrogens (tertiary/aromatic N) is 1. The van der Waals surface area contributed by atoms with Crippen molar-refractivity contribution >= 4 is 44.9 Å². The average molecular weight is 943 g/mol. The first-order valence-corrected chi connectivity index (χ1v) is 17.4. The smallest absolute Gasteiger partial charge is 0.336 e. The van der Waals surface area contributed by atoms with Gasteiger partial charge in [0.1, 0.15) is 52.7 Å². The molecule has 1 N–H and O–H groups in total. The second-order valence-electron chi connectivity index (χ2n) is 13.5. The van der Waals surface area contributed by atoms with Gasteiger partial charge in [-0.25, -0.2) is 92.6 Å². The fourth-order valence-corrected chi connectivity index (χ4v) is 7.27. The lowest BCUT2D eigenvalue weighted by molar-refractivity contribution is -0.662. The van der Waals surface area contributed by atoms with E-state index < -0.39 is 150 Å². The molecule has 0 atom stereocenters. The molecule has 338 valence electrons. The van der Waals surface area contributed by atoms with Crippen molar-refractivity contribution in [3.63, 3.8) is 0 Å². The van der Waals surface area contributed by atoms with Crippen LogP contribution in [0.3, 0.4) is 0 Å². The summed E-state index contributed by atoms with van der Waals surface area (Å²) in [5, 5.41) is 10.0. The summed E-state index contributed by atoms with van der Waals surface area (Å²) in [4.78, 5) is 11.3. The number of benzene rings is 6. The zero-order valence-electron chi connectivity index (χ0n) is 31.0. The highest BCUT2D eigenvalue weighted by molar-refractivity contribution is 7.20. The van der Waals surface area contributed by atoms with Gasteiger partial charge in [0, 0.05) is 17.7 Å². The molecule has 0 fully saturated rings. The Hall–Kier alpha value is -7.14. The van der Waals surface area contributed by atoms with Gasteiger partial charge in [-0.15, -0.1) is 21.9 Å². The third-order valence-electron chi connectivity index (χ3n) is 10.1. The molecule has 6 aromatic carbocycles. The molecular weight excluding hydrogens is 929 g/mol. The third kappa shape index (κ3) is 7.33. The Kier molecular flexibility index (Phi) is 12.7. The lowest BCUT2D eigenvalue weighted by Gasteiger charge is -2.44. The van der Waals surface area contributed by atoms with Crippen LogP contribution < -0.4 is 26.4 Å². The molecule has 0 saturated heterocycles. The van der Waals surface area contributed by atoms with E-state index in [-0.39, 0.29) is 0 Å². The van der Waals surface area contributed by atoms with Gasteiger partial charge in [0.25, 0.3) is 0 Å². The van der Waals surface area contributed by atoms with E-state index >= 15 is 35.1 Å². The number of rotatable bonds is 7. The predicted octanol–water partition coefficient (Wildman–Crippen LogP) is 8.72. The second-order valence-corrected chi connectivity index (χ2v) is 13.5. The van der Waals surface area contributed by atoms with Gasteiger partial charge in [0.15, 0.2) is 82.5 Å². The first kappa shape index (κ1) is 47.3. The summed E-state index contributed by atoms with van der Waals surface area (Å²) in [7, 11) is 0. The summed E-state index contributed by atoms with van der Waals surface area (Å²) in [5.41, 5.74) is -11.9. The van der Waals surface area contributed by atoms with Crippen LogP contribution in [0.2, 0.25) is 0 Å². The maximum atomic E-state index is 15.4. The summed E-state index contributed by atoms with van der Waals surface area (Å²) in [6.45, 7) is 0.723. The fraction of sp³-hybridized carbons (Fsp3) is 0.0244. The number of para-hydroxylation sites is 1. The minimum atomic E-state index is -7.22. The molecule has 7 aromatic rings. The Balaban J connectivity index is 0.000000289. The zero-order chi connectivity index (χ0) is 48.3. The maximum absolute atomic E-state index is 15.4. The highest BCUT2D eigenvalue weighted by Crippen LogP contribution is 2.31. The number of carbonyl (C=O) groups is 1. The van der Waals surface area contributed by atoms with Crippen LogP contribution in [-0.2, 0) is 6.54 Å². The molecule has 0 unspecified atom stereocenters. The Morgan fingerprint density at radius 1 is 0.385 bits per heavy atom. The molecule has 0 aliphatic carbocycles. The number of carboxylic acid groups (broad SMARTS) is 1. The molecule has 0 bridgehead atoms. The van der Waals surface area contributed by atoms with Crippen LogP contribution in [0.4, 0.5) is 87.8 Å². The Morgan fingerprint density at radius 2 is 0.662 bits per heavy atom. The van der Waals surface area contributed by atoms with Gasteiger partial charge in [0.2, 0.25) is 5.52 Å². The first-order valence-electron chi connectivity index (χ1n) is 17.4. The van der Waals surface area contributed by atoms with E-state index in [9.17, 15) is 62.6 Å². The summed E-state index contributed by atoms with van der Waals surface area (Å²) < 4.78 is 296. The van der Waals surface area contributed by atoms with E-state index in [2.05, 4.69) is 16.7 Å². The summed E-state index contributed by atoms with van der Waals surface area (Å²) in [6.07, 6.45) is -5.38. The number of carboxylic acids is 1. The minimum absolute atomic E-state index is 0.338. The van der Waals surface area contributed by atoms with Crippen LogP contribution in [0.25, 0.3) is 10.9 Å². The van der Waals surface area contributed by atoms with Crippen molar-refractivity contribution in [2.45, 2.75) is 6.54 Å². The number of aromatic nitrogens is 1. The standard InChI is InChI=1S/C24BF20.C17H13NO2/c26-5-1(6(27)14(35)21(42)13(5)34)25(2-7(28)15(36)22(43)16(37)8(2)29,3-9(30)17(38)23(44)18(39)10(3)31)4-11(32)19(40)24(45)20(41)12(4)33;19-17(20)15-10-11-18(12-13-6-2-1-3-7-13)16-9-5-4-8-14(15)16/h;1-11H,12H2/q-1;/p+1. The van der Waals surface area contributed by atoms with E-state index in [1.165, 1.54) is 5.56 Å². The number of hydrogen-bond acceptors (Lipinski definition) is 1. The van der Waals surface area contributed by atoms with Crippen molar-refractivity contribution in [1.82, 2.24) is 0 Å². The molecule has 1 heterocycles. The molecule has 3 nitrogen and oxygen atoms in total. The quantitative estimate of drug-likeness (QED) is 0.0572. The highest BCUT2D eigenvalue weighted by atomic mass is 19.2. The minimum Gasteiger partial charge on any atom is -0.478 e. The van der Waals surface area contributed by atoms with Crippen molar-refractivity contribution in [3.05, 3.63) is 194 Å². The topological polar surface area (TPSA) is 41.2 Å². The summed E-state index contributed by atoms with van der Waals surface area (Å²) in [6, 6.07) is 19.4. The van der Waals surface area contributed by atoms with E-state index in [0.717, 1.165) is 17.4 Å². The van der Waals surface area contributed by atoms with Crippen molar-refractivity contribution < 1.29 is 102 Å². The van der Waals surface area contributed by atoms with Crippen molar-refractivity contribution in [1.29, 1.82) is 0 Å². The molecule has 0 radical (unpaired) electrons. The summed E-state index contributed by atoms with van der Waals surface area (Å²) in [5.74, 6) is -72.3. The molecule has 0 aliphatic heterocycles. The Labute approximate surface area is 347 Å². The molecule has 0 amide bonds. The Bertz CT molecular complexity index is 2730. The maximum Gasteiger partial charge on any atom is 0.336 e. The van der Waals surface area contributed by atoms with Gasteiger partial charge in [-0.2, -0.15) is 4.57 Å². The van der Waals surface area contributed by atoms with E-state index in [4.69, 9.17) is 0 Å². The predicted molar refractivity (Wildman–Crippen MR) is 186 cm³/mol. The lowest BCUT2D eigenvalue weighted by Crippen LogP contribution is -2.81. The largest absolute Gasteiger partial charge is 0.478 e. The second kappa shape index (κ2) is 17.4. The van der Waals surface area contributed by atoms with Crippen LogP contribution in [0.15, 0.2) is 66.9 Å². The lowest BCUT2D eigenvalue weighted by atomic mass is 9.12. The third-order valence-corrected chi connectivity index (χ3v) is 10.1. The van der Waals surface area contributed by atoms with Crippen molar-refractivity contribution in [3.8, 4) is 0 Å². The number of hydrogen-bond donors (Lipinski definition) is 1. The van der Waals surface area contributed by atoms with Gasteiger partial charge < -0.3 is 5.11 Å². The van der Waals surface area contributed by atoms with Crippen LogP contribution in [0.1, 0.15) is 15.9 Å². The number of fused-ring (bicyclic) bond motifs is 1. The van der Waals surface area contributed by atoms with E-state index in [0.29, 0.717) is 5.56 Å². The number of pyridine rings is 1. The monoisotopic (exact) mass is 943 g/mol. The van der Waals surface area contributed by atoms with Crippen LogP contribution in [-0.4, -0.2) is 17.2 Å². The van der Waals surface area contributed by atoms with Gasteiger partial charge in [-0.05, 0) is 6.07 Å². The van der Waals surface area contributed by atoms with Gasteiger partial charge in [0.05, 0.1) is 10.9 Å². The molecular formula is C41H14BF20NO2. The molecule has 65 heavy (non-hydrogen) atoms. The normalized spacial score (nSPS) is 11.6.